The van der Waals surface area contributed by atoms with Gasteiger partial charge in [-0.15, -0.1) is 0 Å². The zero-order chi connectivity index (χ0) is 11.7. The highest BCUT2D eigenvalue weighted by Gasteiger charge is 2.17. The Hall–Kier alpha value is -1.38. The highest BCUT2D eigenvalue weighted by Crippen LogP contribution is 2.31. The number of nitrogens with zero attached hydrogens (tertiary/aromatic N) is 2. The highest BCUT2D eigenvalue weighted by atomic mass is 16.3. The maximum Gasteiger partial charge on any atom is 0.119 e. The minimum atomic E-state index is 0.399. The first-order chi connectivity index (χ1) is 8.33. The molecule has 0 atom stereocenters. The van der Waals surface area contributed by atoms with Crippen molar-refractivity contribution in [2.75, 3.05) is 36.0 Å². The zero-order valence-corrected chi connectivity index (χ0v) is 10.2. The van der Waals surface area contributed by atoms with Gasteiger partial charge in [-0.05, 0) is 31.7 Å². The third-order valence-electron chi connectivity index (χ3n) is 3.83. The molecule has 2 heterocycles. The van der Waals surface area contributed by atoms with E-state index >= 15 is 0 Å². The van der Waals surface area contributed by atoms with E-state index in [4.69, 9.17) is 0 Å². The van der Waals surface area contributed by atoms with Crippen molar-refractivity contribution in [2.24, 2.45) is 0 Å². The molecule has 0 radical (unpaired) electrons. The van der Waals surface area contributed by atoms with E-state index in [2.05, 4.69) is 15.9 Å². The van der Waals surface area contributed by atoms with Crippen molar-refractivity contribution in [2.45, 2.75) is 25.7 Å². The molecule has 0 saturated carbocycles. The zero-order valence-electron chi connectivity index (χ0n) is 10.2. The largest absolute Gasteiger partial charge is 0.508 e. The van der Waals surface area contributed by atoms with Crippen LogP contribution in [0, 0.1) is 0 Å². The molecule has 0 aliphatic carbocycles. The summed E-state index contributed by atoms with van der Waals surface area (Å²) in [5, 5.41) is 9.86. The summed E-state index contributed by atoms with van der Waals surface area (Å²) in [5.41, 5.74) is 2.37. The molecule has 2 aliphatic rings. The van der Waals surface area contributed by atoms with Crippen molar-refractivity contribution in [3.63, 3.8) is 0 Å². The number of phenols is 1. The maximum absolute atomic E-state index is 9.86. The summed E-state index contributed by atoms with van der Waals surface area (Å²) in [6.07, 6.45) is 5.09. The van der Waals surface area contributed by atoms with Gasteiger partial charge in [-0.3, -0.25) is 0 Å². The van der Waals surface area contributed by atoms with Crippen LogP contribution in [0.1, 0.15) is 25.7 Å². The Morgan fingerprint density at radius 3 is 1.53 bits per heavy atom. The van der Waals surface area contributed by atoms with Crippen LogP contribution >= 0.6 is 0 Å². The van der Waals surface area contributed by atoms with Crippen LogP contribution in [-0.4, -0.2) is 31.3 Å². The Kier molecular flexibility index (Phi) is 2.83. The third-order valence-corrected chi connectivity index (χ3v) is 3.83. The molecule has 3 nitrogen and oxygen atoms in total. The van der Waals surface area contributed by atoms with Gasteiger partial charge >= 0.3 is 0 Å². The van der Waals surface area contributed by atoms with Crippen molar-refractivity contribution >= 4 is 11.4 Å². The molecule has 0 bridgehead atoms. The van der Waals surface area contributed by atoms with Gasteiger partial charge in [0, 0.05) is 49.7 Å². The van der Waals surface area contributed by atoms with Crippen LogP contribution in [-0.2, 0) is 0 Å². The fraction of sp³-hybridized carbons (Fsp3) is 0.571. The number of hydrogen-bond acceptors (Lipinski definition) is 3. The average molecular weight is 232 g/mol. The van der Waals surface area contributed by atoms with E-state index < -0.39 is 0 Å². The van der Waals surface area contributed by atoms with Crippen molar-refractivity contribution in [3.05, 3.63) is 18.2 Å². The van der Waals surface area contributed by atoms with Crippen molar-refractivity contribution in [1.82, 2.24) is 0 Å². The van der Waals surface area contributed by atoms with Gasteiger partial charge in [0.15, 0.2) is 0 Å². The first-order valence-corrected chi connectivity index (χ1v) is 6.67. The van der Waals surface area contributed by atoms with E-state index in [1.807, 2.05) is 12.1 Å². The molecule has 1 N–H and O–H groups in total. The number of benzene rings is 1. The molecule has 2 aliphatic heterocycles. The van der Waals surface area contributed by atoms with Crippen LogP contribution in [0.4, 0.5) is 11.4 Å². The summed E-state index contributed by atoms with van der Waals surface area (Å²) in [6, 6.07) is 6.02. The second kappa shape index (κ2) is 4.47. The van der Waals surface area contributed by atoms with E-state index in [0.717, 1.165) is 26.2 Å². The normalized spacial score (nSPS) is 20.2. The third kappa shape index (κ3) is 2.19. The molecule has 1 aromatic rings. The fourth-order valence-corrected chi connectivity index (χ4v) is 2.90. The summed E-state index contributed by atoms with van der Waals surface area (Å²) in [7, 11) is 0. The fourth-order valence-electron chi connectivity index (χ4n) is 2.90. The highest BCUT2D eigenvalue weighted by molar-refractivity contribution is 5.63. The number of phenolic OH excluding ortho intramolecular Hbond substituents is 1. The van der Waals surface area contributed by atoms with Crippen molar-refractivity contribution < 1.29 is 5.11 Å². The molecule has 92 valence electrons. The molecular weight excluding hydrogens is 212 g/mol. The molecule has 3 rings (SSSR count). The lowest BCUT2D eigenvalue weighted by molar-refractivity contribution is 0.475. The lowest BCUT2D eigenvalue weighted by Crippen LogP contribution is -2.20. The summed E-state index contributed by atoms with van der Waals surface area (Å²) in [5.74, 6) is 0.399. The van der Waals surface area contributed by atoms with Gasteiger partial charge in [0.25, 0.3) is 0 Å². The van der Waals surface area contributed by atoms with E-state index in [1.165, 1.54) is 37.1 Å². The molecule has 3 heteroatoms. The Bertz CT molecular complexity index is 359. The number of rotatable bonds is 2. The van der Waals surface area contributed by atoms with Gasteiger partial charge in [-0.2, -0.15) is 0 Å². The van der Waals surface area contributed by atoms with E-state index in [-0.39, 0.29) is 0 Å². The Balaban J connectivity index is 1.88. The maximum atomic E-state index is 9.86. The van der Waals surface area contributed by atoms with Crippen LogP contribution in [0.2, 0.25) is 0 Å². The summed E-state index contributed by atoms with van der Waals surface area (Å²) >= 11 is 0. The van der Waals surface area contributed by atoms with Gasteiger partial charge in [-0.1, -0.05) is 0 Å². The van der Waals surface area contributed by atoms with Crippen LogP contribution in [0.3, 0.4) is 0 Å². The molecule has 0 amide bonds. The predicted octanol–water partition coefficient (Wildman–Crippen LogP) is 2.59. The monoisotopic (exact) mass is 232 g/mol. The Labute approximate surface area is 103 Å². The number of hydrogen-bond donors (Lipinski definition) is 1. The van der Waals surface area contributed by atoms with E-state index in [1.54, 1.807) is 0 Å². The summed E-state index contributed by atoms with van der Waals surface area (Å²) < 4.78 is 0. The molecule has 2 fully saturated rings. The predicted molar refractivity (Wildman–Crippen MR) is 71.0 cm³/mol. The number of aromatic hydroxyl groups is 1. The van der Waals surface area contributed by atoms with Gasteiger partial charge in [0.2, 0.25) is 0 Å². The standard InChI is InChI=1S/C14H20N2O/c17-14-10-12(15-5-1-2-6-15)9-13(11-14)16-7-3-4-8-16/h9-11,17H,1-8H2. The second-order valence-electron chi connectivity index (χ2n) is 5.10. The topological polar surface area (TPSA) is 26.7 Å². The van der Waals surface area contributed by atoms with Gasteiger partial charge in [-0.25, -0.2) is 0 Å². The first kappa shape index (κ1) is 10.8. The van der Waals surface area contributed by atoms with Crippen molar-refractivity contribution in [3.8, 4) is 5.75 Å². The van der Waals surface area contributed by atoms with Gasteiger partial charge < -0.3 is 14.9 Å². The second-order valence-corrected chi connectivity index (χ2v) is 5.10. The molecule has 0 unspecified atom stereocenters. The summed E-state index contributed by atoms with van der Waals surface area (Å²) in [4.78, 5) is 4.75. The number of anilines is 2. The van der Waals surface area contributed by atoms with Crippen LogP contribution in [0.5, 0.6) is 5.75 Å². The van der Waals surface area contributed by atoms with Crippen molar-refractivity contribution in [1.29, 1.82) is 0 Å². The quantitative estimate of drug-likeness (QED) is 0.849. The molecular formula is C14H20N2O. The Morgan fingerprint density at radius 1 is 0.706 bits per heavy atom. The lowest BCUT2D eigenvalue weighted by Gasteiger charge is -2.23. The van der Waals surface area contributed by atoms with E-state index in [0.29, 0.717) is 5.75 Å². The van der Waals surface area contributed by atoms with Crippen LogP contribution in [0.15, 0.2) is 18.2 Å². The smallest absolute Gasteiger partial charge is 0.119 e. The molecule has 1 aromatic carbocycles. The van der Waals surface area contributed by atoms with Gasteiger partial charge in [0.1, 0.15) is 5.75 Å². The molecule has 2 saturated heterocycles. The Morgan fingerprint density at radius 2 is 1.12 bits per heavy atom. The first-order valence-electron chi connectivity index (χ1n) is 6.67. The van der Waals surface area contributed by atoms with E-state index in [9.17, 15) is 5.11 Å². The summed E-state index contributed by atoms with van der Waals surface area (Å²) in [6.45, 7) is 4.51. The molecule has 17 heavy (non-hydrogen) atoms. The van der Waals surface area contributed by atoms with Crippen LogP contribution < -0.4 is 9.80 Å². The lowest BCUT2D eigenvalue weighted by atomic mass is 10.2. The van der Waals surface area contributed by atoms with Gasteiger partial charge in [0.05, 0.1) is 0 Å². The minimum absolute atomic E-state index is 0.399. The minimum Gasteiger partial charge on any atom is -0.508 e. The SMILES string of the molecule is Oc1cc(N2CCCC2)cc(N2CCCC2)c1. The van der Waals surface area contributed by atoms with Crippen LogP contribution in [0.25, 0.3) is 0 Å². The molecule has 0 spiro atoms. The molecule has 0 aromatic heterocycles. The average Bonchev–Trinajstić information content (AvgIpc) is 3.02.